The molecule has 0 aliphatic heterocycles. The summed E-state index contributed by atoms with van der Waals surface area (Å²) in [6, 6.07) is 0. The molecular formula is C13H22. The van der Waals surface area contributed by atoms with Crippen LogP contribution < -0.4 is 0 Å². The highest BCUT2D eigenvalue weighted by Crippen LogP contribution is 2.37. The molecule has 0 nitrogen and oxygen atoms in total. The van der Waals surface area contributed by atoms with Crippen LogP contribution in [0.25, 0.3) is 0 Å². The lowest BCUT2D eigenvalue weighted by Gasteiger charge is -2.15. The van der Waals surface area contributed by atoms with E-state index in [2.05, 4.69) is 39.8 Å². The fourth-order valence-corrected chi connectivity index (χ4v) is 2.44. The largest absolute Gasteiger partial charge is 0.0844 e. The highest BCUT2D eigenvalue weighted by atomic mass is 14.3. The van der Waals surface area contributed by atoms with Crippen molar-refractivity contribution in [3.8, 4) is 0 Å². The third kappa shape index (κ3) is 2.46. The van der Waals surface area contributed by atoms with Crippen molar-refractivity contribution in [3.63, 3.8) is 0 Å². The fourth-order valence-electron chi connectivity index (χ4n) is 2.44. The summed E-state index contributed by atoms with van der Waals surface area (Å²) in [6.07, 6.45) is 8.74. The summed E-state index contributed by atoms with van der Waals surface area (Å²) in [5, 5.41) is 0. The lowest BCUT2D eigenvalue weighted by Crippen LogP contribution is -2.00. The Bertz CT molecular complexity index is 220. The molecule has 1 aliphatic rings. The first kappa shape index (κ1) is 10.6. The van der Waals surface area contributed by atoms with E-state index < -0.39 is 0 Å². The molecule has 1 unspecified atom stereocenters. The Labute approximate surface area is 82.7 Å². The summed E-state index contributed by atoms with van der Waals surface area (Å²) < 4.78 is 0. The van der Waals surface area contributed by atoms with Gasteiger partial charge in [-0.3, -0.25) is 0 Å². The molecule has 0 N–H and O–H groups in total. The van der Waals surface area contributed by atoms with Gasteiger partial charge in [0.05, 0.1) is 0 Å². The second-order valence-electron chi connectivity index (χ2n) is 4.33. The van der Waals surface area contributed by atoms with E-state index in [1.807, 2.05) is 0 Å². The van der Waals surface area contributed by atoms with Crippen LogP contribution in [0.1, 0.15) is 47.0 Å². The second kappa shape index (κ2) is 4.64. The normalized spacial score (nSPS) is 31.1. The zero-order valence-electron chi connectivity index (χ0n) is 9.43. The van der Waals surface area contributed by atoms with E-state index in [1.54, 1.807) is 5.57 Å². The zero-order valence-corrected chi connectivity index (χ0v) is 9.43. The van der Waals surface area contributed by atoms with E-state index in [0.717, 1.165) is 11.8 Å². The molecule has 13 heavy (non-hydrogen) atoms. The number of rotatable bonds is 2. The highest BCUT2D eigenvalue weighted by Gasteiger charge is 2.24. The Morgan fingerprint density at radius 2 is 1.85 bits per heavy atom. The molecule has 1 saturated carbocycles. The van der Waals surface area contributed by atoms with Gasteiger partial charge in [0.1, 0.15) is 0 Å². The summed E-state index contributed by atoms with van der Waals surface area (Å²) in [5.41, 5.74) is 3.06. The van der Waals surface area contributed by atoms with Gasteiger partial charge < -0.3 is 0 Å². The molecule has 0 heteroatoms. The molecule has 0 aromatic rings. The molecule has 1 rings (SSSR count). The van der Waals surface area contributed by atoms with E-state index in [1.165, 1.54) is 24.8 Å². The van der Waals surface area contributed by atoms with Crippen LogP contribution in [0, 0.1) is 11.8 Å². The lowest BCUT2D eigenvalue weighted by atomic mass is 9.91. The predicted molar refractivity (Wildman–Crippen MR) is 59.7 cm³/mol. The van der Waals surface area contributed by atoms with Gasteiger partial charge in [0.2, 0.25) is 0 Å². The van der Waals surface area contributed by atoms with Gasteiger partial charge in [-0.25, -0.2) is 0 Å². The van der Waals surface area contributed by atoms with Crippen LogP contribution in [0.2, 0.25) is 0 Å². The molecule has 0 heterocycles. The van der Waals surface area contributed by atoms with Gasteiger partial charge in [-0.15, -0.1) is 0 Å². The Hall–Kier alpha value is -0.520. The average Bonchev–Trinajstić information content (AvgIpc) is 2.53. The number of hydrogen-bond donors (Lipinski definition) is 0. The predicted octanol–water partition coefficient (Wildman–Crippen LogP) is 4.34. The van der Waals surface area contributed by atoms with Crippen molar-refractivity contribution in [3.05, 3.63) is 23.3 Å². The molecule has 1 fully saturated rings. The molecule has 0 aromatic carbocycles. The van der Waals surface area contributed by atoms with Crippen molar-refractivity contribution >= 4 is 0 Å². The third-order valence-electron chi connectivity index (χ3n) is 3.33. The molecule has 1 aliphatic carbocycles. The van der Waals surface area contributed by atoms with Crippen LogP contribution in [0.5, 0.6) is 0 Å². The summed E-state index contributed by atoms with van der Waals surface area (Å²) >= 11 is 0. The Morgan fingerprint density at radius 3 is 2.23 bits per heavy atom. The van der Waals surface area contributed by atoms with Crippen molar-refractivity contribution in [1.29, 1.82) is 0 Å². The quantitative estimate of drug-likeness (QED) is 0.552. The first-order valence-electron chi connectivity index (χ1n) is 5.48. The molecule has 0 amide bonds. The smallest absolute Gasteiger partial charge is 0.0160 e. The lowest BCUT2D eigenvalue weighted by molar-refractivity contribution is 0.574. The van der Waals surface area contributed by atoms with Crippen molar-refractivity contribution in [2.45, 2.75) is 47.0 Å². The van der Waals surface area contributed by atoms with Gasteiger partial charge in [-0.05, 0) is 51.0 Å². The van der Waals surface area contributed by atoms with Crippen molar-refractivity contribution < 1.29 is 0 Å². The van der Waals surface area contributed by atoms with Crippen molar-refractivity contribution in [2.75, 3.05) is 0 Å². The minimum absolute atomic E-state index is 0.844. The molecule has 0 bridgehead atoms. The minimum atomic E-state index is 0.844. The van der Waals surface area contributed by atoms with Crippen LogP contribution in [0.3, 0.4) is 0 Å². The molecule has 2 atom stereocenters. The Morgan fingerprint density at radius 1 is 1.15 bits per heavy atom. The SMILES string of the molecule is C/C=C(C)\C(=C\C)C1CC[C@H](C)C1. The first-order valence-corrected chi connectivity index (χ1v) is 5.48. The van der Waals surface area contributed by atoms with E-state index in [0.29, 0.717) is 0 Å². The molecule has 0 aromatic heterocycles. The van der Waals surface area contributed by atoms with Gasteiger partial charge in [0.15, 0.2) is 0 Å². The molecule has 0 spiro atoms. The summed E-state index contributed by atoms with van der Waals surface area (Å²) in [6.45, 7) is 8.92. The van der Waals surface area contributed by atoms with Crippen LogP contribution in [-0.4, -0.2) is 0 Å². The van der Waals surface area contributed by atoms with Gasteiger partial charge in [-0.2, -0.15) is 0 Å². The van der Waals surface area contributed by atoms with E-state index >= 15 is 0 Å². The Kier molecular flexibility index (Phi) is 3.77. The van der Waals surface area contributed by atoms with Crippen LogP contribution in [0.4, 0.5) is 0 Å². The van der Waals surface area contributed by atoms with Crippen molar-refractivity contribution in [2.24, 2.45) is 11.8 Å². The average molecular weight is 178 g/mol. The standard InChI is InChI=1S/C13H22/c1-5-11(4)13(6-2)12-8-7-10(3)9-12/h5-6,10,12H,7-9H2,1-4H3/b11-5-,13-6-/t10-,12?/m0/s1. The van der Waals surface area contributed by atoms with Gasteiger partial charge in [0, 0.05) is 0 Å². The fraction of sp³-hybridized carbons (Fsp3) is 0.692. The van der Waals surface area contributed by atoms with Gasteiger partial charge in [0.25, 0.3) is 0 Å². The maximum Gasteiger partial charge on any atom is -0.0160 e. The summed E-state index contributed by atoms with van der Waals surface area (Å²) in [7, 11) is 0. The molecule has 74 valence electrons. The van der Waals surface area contributed by atoms with Crippen LogP contribution in [0.15, 0.2) is 23.3 Å². The monoisotopic (exact) mass is 178 g/mol. The highest BCUT2D eigenvalue weighted by molar-refractivity contribution is 5.31. The maximum absolute atomic E-state index is 2.37. The summed E-state index contributed by atoms with van der Waals surface area (Å²) in [4.78, 5) is 0. The van der Waals surface area contributed by atoms with Gasteiger partial charge in [-0.1, -0.05) is 31.1 Å². The minimum Gasteiger partial charge on any atom is -0.0844 e. The summed E-state index contributed by atoms with van der Waals surface area (Å²) in [5.74, 6) is 1.78. The van der Waals surface area contributed by atoms with E-state index in [9.17, 15) is 0 Å². The van der Waals surface area contributed by atoms with Crippen molar-refractivity contribution in [1.82, 2.24) is 0 Å². The molecule has 0 saturated heterocycles. The maximum atomic E-state index is 2.37. The van der Waals surface area contributed by atoms with E-state index in [-0.39, 0.29) is 0 Å². The zero-order chi connectivity index (χ0) is 9.84. The van der Waals surface area contributed by atoms with Crippen LogP contribution >= 0.6 is 0 Å². The molecular weight excluding hydrogens is 156 g/mol. The molecule has 0 radical (unpaired) electrons. The first-order chi connectivity index (χ1) is 6.19. The van der Waals surface area contributed by atoms with E-state index in [4.69, 9.17) is 0 Å². The van der Waals surface area contributed by atoms with Crippen LogP contribution in [-0.2, 0) is 0 Å². The number of hydrogen-bond acceptors (Lipinski definition) is 0. The van der Waals surface area contributed by atoms with Gasteiger partial charge >= 0.3 is 0 Å². The third-order valence-corrected chi connectivity index (χ3v) is 3.33. The Balaban J connectivity index is 2.69. The topological polar surface area (TPSA) is 0 Å². The second-order valence-corrected chi connectivity index (χ2v) is 4.33. The number of allylic oxidation sites excluding steroid dienone is 4.